The largest absolute Gasteiger partial charge is 0.352 e. The lowest BCUT2D eigenvalue weighted by Crippen LogP contribution is -2.42. The van der Waals surface area contributed by atoms with E-state index in [0.29, 0.717) is 5.75 Å². The topological polar surface area (TPSA) is 46.2 Å². The molecule has 4 heteroatoms. The summed E-state index contributed by atoms with van der Waals surface area (Å²) >= 11 is 0. The summed E-state index contributed by atoms with van der Waals surface area (Å²) in [6.07, 6.45) is 5.75. The van der Waals surface area contributed by atoms with Crippen LogP contribution >= 0.6 is 0 Å². The molecule has 0 radical (unpaired) electrons. The van der Waals surface area contributed by atoms with Crippen molar-refractivity contribution in [3.63, 3.8) is 0 Å². The number of benzene rings is 1. The van der Waals surface area contributed by atoms with Crippen LogP contribution in [0.3, 0.4) is 0 Å². The molecule has 1 fully saturated rings. The Morgan fingerprint density at radius 2 is 2.05 bits per heavy atom. The third-order valence-corrected chi connectivity index (χ3v) is 5.73. The Kier molecular flexibility index (Phi) is 5.97. The first kappa shape index (κ1) is 16.2. The minimum Gasteiger partial charge on any atom is -0.352 e. The van der Waals surface area contributed by atoms with E-state index in [2.05, 4.69) is 5.32 Å². The number of carbonyl (C=O) groups excluding carboxylic acids is 1. The van der Waals surface area contributed by atoms with Crippen molar-refractivity contribution in [3.05, 3.63) is 35.4 Å². The lowest BCUT2D eigenvalue weighted by Gasteiger charge is -2.24. The molecule has 1 saturated carbocycles. The number of rotatable bonds is 5. The SMILES string of the molecule is Cc1cccc(C[S@@](=O)[C@H](C)C(=O)NC2CCCCC2)c1. The van der Waals surface area contributed by atoms with Gasteiger partial charge in [-0.25, -0.2) is 0 Å². The van der Waals surface area contributed by atoms with Crippen LogP contribution in [0.4, 0.5) is 0 Å². The van der Waals surface area contributed by atoms with Crippen molar-refractivity contribution >= 4 is 16.7 Å². The number of hydrogen-bond donors (Lipinski definition) is 1. The van der Waals surface area contributed by atoms with Crippen molar-refractivity contribution < 1.29 is 9.00 Å². The second-order valence-corrected chi connectivity index (χ2v) is 7.76. The van der Waals surface area contributed by atoms with E-state index in [0.717, 1.165) is 24.0 Å². The van der Waals surface area contributed by atoms with E-state index in [9.17, 15) is 9.00 Å². The number of carbonyl (C=O) groups is 1. The van der Waals surface area contributed by atoms with Crippen LogP contribution in [-0.2, 0) is 21.3 Å². The van der Waals surface area contributed by atoms with Crippen LogP contribution in [-0.4, -0.2) is 21.4 Å². The highest BCUT2D eigenvalue weighted by atomic mass is 32.2. The van der Waals surface area contributed by atoms with E-state index in [1.54, 1.807) is 6.92 Å². The van der Waals surface area contributed by atoms with E-state index in [1.807, 2.05) is 31.2 Å². The molecule has 21 heavy (non-hydrogen) atoms. The van der Waals surface area contributed by atoms with Gasteiger partial charge in [-0.2, -0.15) is 0 Å². The van der Waals surface area contributed by atoms with Gasteiger partial charge in [0, 0.05) is 22.6 Å². The summed E-state index contributed by atoms with van der Waals surface area (Å²) in [6.45, 7) is 3.79. The van der Waals surface area contributed by atoms with E-state index in [4.69, 9.17) is 0 Å². The first-order chi connectivity index (χ1) is 10.1. The maximum atomic E-state index is 12.4. The first-order valence-corrected chi connectivity index (χ1v) is 9.17. The summed E-state index contributed by atoms with van der Waals surface area (Å²) in [5.41, 5.74) is 2.19. The number of nitrogens with one attached hydrogen (secondary N) is 1. The van der Waals surface area contributed by atoms with E-state index < -0.39 is 16.0 Å². The molecule has 1 amide bonds. The quantitative estimate of drug-likeness (QED) is 0.908. The molecule has 0 bridgehead atoms. The van der Waals surface area contributed by atoms with Gasteiger partial charge in [-0.1, -0.05) is 49.1 Å². The van der Waals surface area contributed by atoms with E-state index in [-0.39, 0.29) is 11.9 Å². The van der Waals surface area contributed by atoms with Gasteiger partial charge in [0.05, 0.1) is 0 Å². The maximum absolute atomic E-state index is 12.4. The minimum absolute atomic E-state index is 0.0621. The molecule has 0 spiro atoms. The molecule has 116 valence electrons. The average molecular weight is 307 g/mol. The van der Waals surface area contributed by atoms with E-state index >= 15 is 0 Å². The monoisotopic (exact) mass is 307 g/mol. The Morgan fingerprint density at radius 3 is 2.71 bits per heavy atom. The van der Waals surface area contributed by atoms with Crippen LogP contribution in [0.2, 0.25) is 0 Å². The molecule has 1 aliphatic rings. The molecule has 3 nitrogen and oxygen atoms in total. The van der Waals surface area contributed by atoms with Gasteiger partial charge in [0.25, 0.3) is 0 Å². The molecule has 0 saturated heterocycles. The third-order valence-electron chi connectivity index (χ3n) is 4.11. The molecule has 1 aromatic carbocycles. The van der Waals surface area contributed by atoms with Gasteiger partial charge >= 0.3 is 0 Å². The highest BCUT2D eigenvalue weighted by Gasteiger charge is 2.23. The number of aryl methyl sites for hydroxylation is 1. The molecule has 1 aliphatic carbocycles. The summed E-state index contributed by atoms with van der Waals surface area (Å²) in [4.78, 5) is 12.2. The zero-order valence-corrected chi connectivity index (χ0v) is 13.7. The van der Waals surface area contributed by atoms with Crippen LogP contribution in [0.25, 0.3) is 0 Å². The normalized spacial score (nSPS) is 19.0. The predicted molar refractivity (Wildman–Crippen MR) is 87.5 cm³/mol. The number of amides is 1. The zero-order valence-electron chi connectivity index (χ0n) is 12.9. The van der Waals surface area contributed by atoms with E-state index in [1.165, 1.54) is 19.3 Å². The summed E-state index contributed by atoms with van der Waals surface area (Å²) in [5.74, 6) is 0.383. The summed E-state index contributed by atoms with van der Waals surface area (Å²) < 4.78 is 12.4. The van der Waals surface area contributed by atoms with Crippen LogP contribution < -0.4 is 5.32 Å². The first-order valence-electron chi connectivity index (χ1n) is 7.79. The molecule has 0 unspecified atom stereocenters. The highest BCUT2D eigenvalue weighted by Crippen LogP contribution is 2.18. The maximum Gasteiger partial charge on any atom is 0.235 e. The highest BCUT2D eigenvalue weighted by molar-refractivity contribution is 7.85. The summed E-state index contributed by atoms with van der Waals surface area (Å²) in [7, 11) is -1.17. The van der Waals surface area contributed by atoms with Crippen LogP contribution in [0.15, 0.2) is 24.3 Å². The molecule has 0 heterocycles. The van der Waals surface area contributed by atoms with Crippen molar-refractivity contribution in [2.45, 2.75) is 63.0 Å². The zero-order chi connectivity index (χ0) is 15.2. The molecular formula is C17H25NO2S. The van der Waals surface area contributed by atoms with Gasteiger partial charge < -0.3 is 5.32 Å². The molecule has 2 atom stereocenters. The summed E-state index contributed by atoms with van der Waals surface area (Å²) in [6, 6.07) is 8.27. The molecule has 2 rings (SSSR count). The molecular weight excluding hydrogens is 282 g/mol. The Bertz CT molecular complexity index is 509. The standard InChI is InChI=1S/C17H25NO2S/c1-13-7-6-8-15(11-13)12-21(20)14(2)17(19)18-16-9-4-3-5-10-16/h6-8,11,14,16H,3-5,9-10,12H2,1-2H3,(H,18,19)/t14-,21-/m1/s1. The lowest BCUT2D eigenvalue weighted by molar-refractivity contribution is -0.121. The van der Waals surface area contributed by atoms with Gasteiger partial charge in [0.2, 0.25) is 5.91 Å². The van der Waals surface area contributed by atoms with Crippen molar-refractivity contribution in [3.8, 4) is 0 Å². The second-order valence-electron chi connectivity index (χ2n) is 6.00. The molecule has 0 aliphatic heterocycles. The Morgan fingerprint density at radius 1 is 1.33 bits per heavy atom. The predicted octanol–water partition coefficient (Wildman–Crippen LogP) is 3.08. The average Bonchev–Trinajstić information content (AvgIpc) is 2.47. The Balaban J connectivity index is 1.87. The van der Waals surface area contributed by atoms with Gasteiger partial charge in [0.15, 0.2) is 0 Å². The van der Waals surface area contributed by atoms with Crippen LogP contribution in [0, 0.1) is 6.92 Å². The third kappa shape index (κ3) is 4.95. The Labute approximate surface area is 130 Å². The van der Waals surface area contributed by atoms with Gasteiger partial charge in [-0.3, -0.25) is 9.00 Å². The lowest BCUT2D eigenvalue weighted by atomic mass is 9.95. The van der Waals surface area contributed by atoms with Crippen molar-refractivity contribution in [2.24, 2.45) is 0 Å². The second kappa shape index (κ2) is 7.74. The van der Waals surface area contributed by atoms with Crippen molar-refractivity contribution in [1.82, 2.24) is 5.32 Å². The van der Waals surface area contributed by atoms with Crippen LogP contribution in [0.5, 0.6) is 0 Å². The van der Waals surface area contributed by atoms with Gasteiger partial charge in [-0.15, -0.1) is 0 Å². The fraction of sp³-hybridized carbons (Fsp3) is 0.588. The van der Waals surface area contributed by atoms with Crippen molar-refractivity contribution in [1.29, 1.82) is 0 Å². The van der Waals surface area contributed by atoms with Gasteiger partial charge in [0.1, 0.15) is 5.25 Å². The van der Waals surface area contributed by atoms with Crippen molar-refractivity contribution in [2.75, 3.05) is 0 Å². The fourth-order valence-corrected chi connectivity index (χ4v) is 3.84. The Hall–Kier alpha value is -1.16. The fourth-order valence-electron chi connectivity index (χ4n) is 2.78. The molecule has 1 aromatic rings. The minimum atomic E-state index is -1.17. The smallest absolute Gasteiger partial charge is 0.235 e. The molecule has 0 aromatic heterocycles. The van der Waals surface area contributed by atoms with Crippen LogP contribution in [0.1, 0.15) is 50.2 Å². The summed E-state index contributed by atoms with van der Waals surface area (Å²) in [5, 5.41) is 2.61. The van der Waals surface area contributed by atoms with Gasteiger partial charge in [-0.05, 0) is 32.3 Å². The molecule has 1 N–H and O–H groups in total. The number of hydrogen-bond acceptors (Lipinski definition) is 2.